The molecule has 5 heteroatoms. The lowest BCUT2D eigenvalue weighted by atomic mass is 9.83. The molecule has 1 aliphatic rings. The van der Waals surface area contributed by atoms with Crippen molar-refractivity contribution in [2.45, 2.75) is 51.2 Å². The quantitative estimate of drug-likeness (QED) is 0.856. The zero-order valence-corrected chi connectivity index (χ0v) is 12.1. The number of nitrogens with zero attached hydrogens (tertiary/aromatic N) is 2. The number of ether oxygens (including phenoxy) is 1. The molecule has 2 rings (SSSR count). The predicted molar refractivity (Wildman–Crippen MR) is 77.4 cm³/mol. The summed E-state index contributed by atoms with van der Waals surface area (Å²) in [5, 5.41) is 6.65. The first-order chi connectivity index (χ1) is 9.15. The van der Waals surface area contributed by atoms with Crippen LogP contribution in [0.3, 0.4) is 0 Å². The molecule has 0 aromatic carbocycles. The second kappa shape index (κ2) is 6.19. The highest BCUT2D eigenvalue weighted by atomic mass is 16.5. The van der Waals surface area contributed by atoms with E-state index in [0.717, 1.165) is 11.6 Å². The second-order valence-corrected chi connectivity index (χ2v) is 5.48. The largest absolute Gasteiger partial charge is 0.377 e. The molecule has 0 atom stereocenters. The molecule has 0 bridgehead atoms. The Bertz CT molecular complexity index is 416. The SMILES string of the molecule is CNc1cc(NC2(C)CCCCC2)nc(COC)n1. The minimum atomic E-state index is 0.155. The molecule has 0 aliphatic heterocycles. The van der Waals surface area contributed by atoms with Crippen LogP contribution in [0.15, 0.2) is 6.07 Å². The number of methoxy groups -OCH3 is 1. The van der Waals surface area contributed by atoms with Crippen LogP contribution in [0, 0.1) is 0 Å². The van der Waals surface area contributed by atoms with Gasteiger partial charge in [0.2, 0.25) is 0 Å². The van der Waals surface area contributed by atoms with Crippen LogP contribution in [-0.4, -0.2) is 29.7 Å². The number of aromatic nitrogens is 2. The van der Waals surface area contributed by atoms with Gasteiger partial charge in [0.05, 0.1) is 0 Å². The normalized spacial score (nSPS) is 18.1. The van der Waals surface area contributed by atoms with Crippen LogP contribution in [-0.2, 0) is 11.3 Å². The summed E-state index contributed by atoms with van der Waals surface area (Å²) in [5.74, 6) is 2.41. The first-order valence-electron chi connectivity index (χ1n) is 6.98. The fourth-order valence-corrected chi connectivity index (χ4v) is 2.65. The van der Waals surface area contributed by atoms with Crippen LogP contribution in [0.1, 0.15) is 44.9 Å². The highest BCUT2D eigenvalue weighted by Crippen LogP contribution is 2.31. The number of hydrogen-bond donors (Lipinski definition) is 2. The third-order valence-corrected chi connectivity index (χ3v) is 3.69. The third-order valence-electron chi connectivity index (χ3n) is 3.69. The summed E-state index contributed by atoms with van der Waals surface area (Å²) >= 11 is 0. The van der Waals surface area contributed by atoms with E-state index in [1.165, 1.54) is 32.1 Å². The molecule has 1 fully saturated rings. The maximum absolute atomic E-state index is 5.12. The first kappa shape index (κ1) is 14.1. The summed E-state index contributed by atoms with van der Waals surface area (Å²) in [6.45, 7) is 2.71. The smallest absolute Gasteiger partial charge is 0.158 e. The van der Waals surface area contributed by atoms with Crippen molar-refractivity contribution in [3.63, 3.8) is 0 Å². The standard InChI is InChI=1S/C14H24N4O/c1-14(7-5-4-6-8-14)18-12-9-11(15-2)16-13(17-12)10-19-3/h9H,4-8,10H2,1-3H3,(H2,15,16,17,18). The molecule has 0 saturated heterocycles. The Balaban J connectivity index is 2.16. The van der Waals surface area contributed by atoms with Crippen LogP contribution in [0.4, 0.5) is 11.6 Å². The lowest BCUT2D eigenvalue weighted by Crippen LogP contribution is -2.37. The van der Waals surface area contributed by atoms with E-state index in [2.05, 4.69) is 27.5 Å². The van der Waals surface area contributed by atoms with Crippen molar-refractivity contribution < 1.29 is 4.74 Å². The minimum Gasteiger partial charge on any atom is -0.377 e. The number of anilines is 2. The molecule has 1 heterocycles. The van der Waals surface area contributed by atoms with Gasteiger partial charge in [-0.2, -0.15) is 0 Å². The van der Waals surface area contributed by atoms with Crippen LogP contribution in [0.5, 0.6) is 0 Å². The lowest BCUT2D eigenvalue weighted by Gasteiger charge is -2.35. The van der Waals surface area contributed by atoms with Crippen molar-refractivity contribution in [1.29, 1.82) is 0 Å². The molecule has 1 saturated carbocycles. The van der Waals surface area contributed by atoms with E-state index >= 15 is 0 Å². The molecular formula is C14H24N4O. The van der Waals surface area contributed by atoms with Crippen molar-refractivity contribution in [2.24, 2.45) is 0 Å². The van der Waals surface area contributed by atoms with Crippen LogP contribution in [0.2, 0.25) is 0 Å². The molecule has 0 amide bonds. The summed E-state index contributed by atoms with van der Waals surface area (Å²) < 4.78 is 5.12. The molecule has 19 heavy (non-hydrogen) atoms. The number of rotatable bonds is 5. The second-order valence-electron chi connectivity index (χ2n) is 5.48. The van der Waals surface area contributed by atoms with Crippen molar-refractivity contribution in [3.8, 4) is 0 Å². The van der Waals surface area contributed by atoms with E-state index in [1.807, 2.05) is 13.1 Å². The van der Waals surface area contributed by atoms with Gasteiger partial charge in [-0.3, -0.25) is 0 Å². The van der Waals surface area contributed by atoms with Crippen LogP contribution < -0.4 is 10.6 Å². The maximum Gasteiger partial charge on any atom is 0.158 e. The zero-order valence-electron chi connectivity index (χ0n) is 12.1. The van der Waals surface area contributed by atoms with E-state index in [-0.39, 0.29) is 5.54 Å². The maximum atomic E-state index is 5.12. The van der Waals surface area contributed by atoms with Crippen molar-refractivity contribution >= 4 is 11.6 Å². The number of nitrogens with one attached hydrogen (secondary N) is 2. The third kappa shape index (κ3) is 3.80. The summed E-state index contributed by atoms with van der Waals surface area (Å²) in [6, 6.07) is 1.96. The molecule has 1 aromatic rings. The summed E-state index contributed by atoms with van der Waals surface area (Å²) in [5.41, 5.74) is 0.155. The van der Waals surface area contributed by atoms with Gasteiger partial charge in [0, 0.05) is 25.8 Å². The molecule has 0 radical (unpaired) electrons. The molecule has 0 spiro atoms. The van der Waals surface area contributed by atoms with Gasteiger partial charge in [-0.25, -0.2) is 9.97 Å². The van der Waals surface area contributed by atoms with E-state index in [1.54, 1.807) is 7.11 Å². The number of hydrogen-bond acceptors (Lipinski definition) is 5. The van der Waals surface area contributed by atoms with Gasteiger partial charge >= 0.3 is 0 Å². The van der Waals surface area contributed by atoms with E-state index in [4.69, 9.17) is 4.74 Å². The summed E-state index contributed by atoms with van der Waals surface area (Å²) in [6.07, 6.45) is 6.32. The minimum absolute atomic E-state index is 0.155. The van der Waals surface area contributed by atoms with Gasteiger partial charge in [0.1, 0.15) is 18.2 Å². The highest BCUT2D eigenvalue weighted by molar-refractivity contribution is 5.48. The van der Waals surface area contributed by atoms with Crippen molar-refractivity contribution in [3.05, 3.63) is 11.9 Å². The monoisotopic (exact) mass is 264 g/mol. The fraction of sp³-hybridized carbons (Fsp3) is 0.714. The van der Waals surface area contributed by atoms with Crippen molar-refractivity contribution in [1.82, 2.24) is 9.97 Å². The molecular weight excluding hydrogens is 240 g/mol. The van der Waals surface area contributed by atoms with E-state index in [0.29, 0.717) is 12.4 Å². The average molecular weight is 264 g/mol. The molecule has 5 nitrogen and oxygen atoms in total. The van der Waals surface area contributed by atoms with Crippen LogP contribution in [0.25, 0.3) is 0 Å². The molecule has 1 aromatic heterocycles. The average Bonchev–Trinajstić information content (AvgIpc) is 2.39. The summed E-state index contributed by atoms with van der Waals surface area (Å²) in [4.78, 5) is 8.89. The Labute approximate surface area is 115 Å². The molecule has 106 valence electrons. The van der Waals surface area contributed by atoms with E-state index in [9.17, 15) is 0 Å². The Morgan fingerprint density at radius 1 is 1.21 bits per heavy atom. The predicted octanol–water partition coefficient (Wildman–Crippen LogP) is 2.80. The Kier molecular flexibility index (Phi) is 4.58. The molecule has 0 unspecified atom stereocenters. The van der Waals surface area contributed by atoms with E-state index < -0.39 is 0 Å². The first-order valence-corrected chi connectivity index (χ1v) is 6.98. The lowest BCUT2D eigenvalue weighted by molar-refractivity contribution is 0.178. The zero-order chi connectivity index (χ0) is 13.7. The van der Waals surface area contributed by atoms with Gasteiger partial charge in [-0.1, -0.05) is 19.3 Å². The fourth-order valence-electron chi connectivity index (χ4n) is 2.65. The van der Waals surface area contributed by atoms with Gasteiger partial charge in [0.15, 0.2) is 5.82 Å². The Hall–Kier alpha value is -1.36. The van der Waals surface area contributed by atoms with Gasteiger partial charge < -0.3 is 15.4 Å². The topological polar surface area (TPSA) is 59.1 Å². The molecule has 2 N–H and O–H groups in total. The summed E-state index contributed by atoms with van der Waals surface area (Å²) in [7, 11) is 3.52. The van der Waals surface area contributed by atoms with Gasteiger partial charge in [-0.05, 0) is 19.8 Å². The molecule has 1 aliphatic carbocycles. The Morgan fingerprint density at radius 2 is 1.89 bits per heavy atom. The highest BCUT2D eigenvalue weighted by Gasteiger charge is 2.27. The van der Waals surface area contributed by atoms with Gasteiger partial charge in [0.25, 0.3) is 0 Å². The van der Waals surface area contributed by atoms with Crippen molar-refractivity contribution in [2.75, 3.05) is 24.8 Å². The van der Waals surface area contributed by atoms with Gasteiger partial charge in [-0.15, -0.1) is 0 Å². The van der Waals surface area contributed by atoms with Crippen LogP contribution >= 0.6 is 0 Å². The Morgan fingerprint density at radius 3 is 2.53 bits per heavy atom.